The maximum atomic E-state index is 12.5. The monoisotopic (exact) mass is 382 g/mol. The average Bonchev–Trinajstić information content (AvgIpc) is 2.77. The normalized spacial score (nSPS) is 18.4. The van der Waals surface area contributed by atoms with Crippen molar-refractivity contribution >= 4 is 11.8 Å². The summed E-state index contributed by atoms with van der Waals surface area (Å²) in [5.41, 5.74) is 1.54. The third kappa shape index (κ3) is 4.09. The number of hydrogen-bond acceptors (Lipinski definition) is 5. The van der Waals surface area contributed by atoms with Gasteiger partial charge in [-0.2, -0.15) is 0 Å². The fourth-order valence-electron chi connectivity index (χ4n) is 3.17. The van der Waals surface area contributed by atoms with Crippen molar-refractivity contribution in [1.29, 1.82) is 0 Å². The van der Waals surface area contributed by atoms with Crippen LogP contribution in [-0.4, -0.2) is 55.7 Å². The second kappa shape index (κ2) is 8.31. The number of para-hydroxylation sites is 2. The van der Waals surface area contributed by atoms with E-state index in [9.17, 15) is 9.59 Å². The van der Waals surface area contributed by atoms with Gasteiger partial charge >= 0.3 is 0 Å². The zero-order valence-corrected chi connectivity index (χ0v) is 15.4. The summed E-state index contributed by atoms with van der Waals surface area (Å²) in [5, 5.41) is 2.86. The number of nitrogens with zero attached hydrogens (tertiary/aromatic N) is 1. The Bertz CT molecular complexity index is 846. The van der Waals surface area contributed by atoms with Gasteiger partial charge in [0.1, 0.15) is 6.61 Å². The van der Waals surface area contributed by atoms with Crippen LogP contribution in [0.3, 0.4) is 0 Å². The standard InChI is InChI=1S/C21H22N2O5/c24-20(19-14-27-17-3-1-2-4-18(17)28-19)22-13-15-5-7-16(8-6-15)21(25)23-9-11-26-12-10-23/h1-8,19H,9-14H2,(H,22,24)/t19-/m0/s1. The first-order valence-electron chi connectivity index (χ1n) is 9.33. The van der Waals surface area contributed by atoms with Crippen LogP contribution in [0.15, 0.2) is 48.5 Å². The van der Waals surface area contributed by atoms with Crippen molar-refractivity contribution in [2.45, 2.75) is 12.6 Å². The fourth-order valence-corrected chi connectivity index (χ4v) is 3.17. The highest BCUT2D eigenvalue weighted by Crippen LogP contribution is 2.30. The molecule has 2 aliphatic heterocycles. The van der Waals surface area contributed by atoms with Crippen molar-refractivity contribution in [3.05, 3.63) is 59.7 Å². The van der Waals surface area contributed by atoms with Crippen LogP contribution in [0, 0.1) is 0 Å². The molecule has 2 aliphatic rings. The summed E-state index contributed by atoms with van der Waals surface area (Å²) >= 11 is 0. The molecule has 2 aromatic carbocycles. The molecule has 0 unspecified atom stereocenters. The first-order valence-corrected chi connectivity index (χ1v) is 9.33. The number of rotatable bonds is 4. The first kappa shape index (κ1) is 18.3. The molecule has 0 spiro atoms. The van der Waals surface area contributed by atoms with Crippen molar-refractivity contribution in [2.24, 2.45) is 0 Å². The van der Waals surface area contributed by atoms with Crippen LogP contribution in [0.25, 0.3) is 0 Å². The Labute approximate surface area is 163 Å². The molecule has 0 bridgehead atoms. The molecule has 0 aromatic heterocycles. The van der Waals surface area contributed by atoms with E-state index in [2.05, 4.69) is 5.32 Å². The lowest BCUT2D eigenvalue weighted by Gasteiger charge is -2.27. The Kier molecular flexibility index (Phi) is 5.43. The van der Waals surface area contributed by atoms with E-state index in [1.54, 1.807) is 23.1 Å². The average molecular weight is 382 g/mol. The quantitative estimate of drug-likeness (QED) is 0.870. The van der Waals surface area contributed by atoms with Gasteiger partial charge in [-0.3, -0.25) is 9.59 Å². The van der Waals surface area contributed by atoms with Gasteiger partial charge in [-0.1, -0.05) is 24.3 Å². The van der Waals surface area contributed by atoms with Gasteiger partial charge in [0, 0.05) is 25.2 Å². The minimum atomic E-state index is -0.683. The van der Waals surface area contributed by atoms with Gasteiger partial charge in [0.15, 0.2) is 11.5 Å². The third-order valence-electron chi connectivity index (χ3n) is 4.77. The Hall–Kier alpha value is -3.06. The maximum Gasteiger partial charge on any atom is 0.264 e. The van der Waals surface area contributed by atoms with Crippen molar-refractivity contribution in [3.63, 3.8) is 0 Å². The topological polar surface area (TPSA) is 77.1 Å². The molecule has 146 valence electrons. The molecule has 4 rings (SSSR count). The van der Waals surface area contributed by atoms with E-state index >= 15 is 0 Å². The van der Waals surface area contributed by atoms with E-state index in [1.165, 1.54) is 0 Å². The van der Waals surface area contributed by atoms with E-state index in [4.69, 9.17) is 14.2 Å². The van der Waals surface area contributed by atoms with E-state index in [-0.39, 0.29) is 18.4 Å². The molecule has 0 radical (unpaired) electrons. The Morgan fingerprint density at radius 2 is 1.71 bits per heavy atom. The van der Waals surface area contributed by atoms with Crippen LogP contribution in [0.1, 0.15) is 15.9 Å². The molecule has 0 saturated carbocycles. The van der Waals surface area contributed by atoms with Crippen LogP contribution in [-0.2, 0) is 16.1 Å². The molecule has 7 nitrogen and oxygen atoms in total. The number of morpholine rings is 1. The van der Waals surface area contributed by atoms with Gasteiger partial charge < -0.3 is 24.4 Å². The van der Waals surface area contributed by atoms with Crippen molar-refractivity contribution in [1.82, 2.24) is 10.2 Å². The molecule has 1 atom stereocenters. The minimum Gasteiger partial charge on any atom is -0.485 e. The summed E-state index contributed by atoms with van der Waals surface area (Å²) in [7, 11) is 0. The lowest BCUT2D eigenvalue weighted by Crippen LogP contribution is -2.43. The smallest absolute Gasteiger partial charge is 0.264 e. The number of ether oxygens (including phenoxy) is 3. The molecule has 2 amide bonds. The molecular formula is C21H22N2O5. The van der Waals surface area contributed by atoms with Gasteiger partial charge in [-0.15, -0.1) is 0 Å². The summed E-state index contributed by atoms with van der Waals surface area (Å²) in [6, 6.07) is 14.6. The number of nitrogens with one attached hydrogen (secondary N) is 1. The van der Waals surface area contributed by atoms with Crippen molar-refractivity contribution < 1.29 is 23.8 Å². The second-order valence-electron chi connectivity index (χ2n) is 6.68. The molecule has 2 aromatic rings. The summed E-state index contributed by atoms with van der Waals surface area (Å²) in [6.45, 7) is 2.91. The number of benzene rings is 2. The highest BCUT2D eigenvalue weighted by Gasteiger charge is 2.27. The van der Waals surface area contributed by atoms with Crippen molar-refractivity contribution in [2.75, 3.05) is 32.9 Å². The van der Waals surface area contributed by atoms with Crippen LogP contribution in [0.5, 0.6) is 11.5 Å². The summed E-state index contributed by atoms with van der Waals surface area (Å²) < 4.78 is 16.5. The molecular weight excluding hydrogens is 360 g/mol. The number of fused-ring (bicyclic) bond motifs is 1. The summed E-state index contributed by atoms with van der Waals surface area (Å²) in [5.74, 6) is 0.986. The zero-order chi connectivity index (χ0) is 19.3. The molecule has 7 heteroatoms. The molecule has 1 fully saturated rings. The molecule has 28 heavy (non-hydrogen) atoms. The lowest BCUT2D eigenvalue weighted by atomic mass is 10.1. The highest BCUT2D eigenvalue weighted by molar-refractivity contribution is 5.94. The first-order chi connectivity index (χ1) is 13.7. The Morgan fingerprint density at radius 3 is 2.46 bits per heavy atom. The highest BCUT2D eigenvalue weighted by atomic mass is 16.6. The van der Waals surface area contributed by atoms with Gasteiger partial charge in [0.25, 0.3) is 11.8 Å². The molecule has 0 aliphatic carbocycles. The van der Waals surface area contributed by atoms with Gasteiger partial charge in [-0.25, -0.2) is 0 Å². The third-order valence-corrected chi connectivity index (χ3v) is 4.77. The minimum absolute atomic E-state index is 0.00491. The van der Waals surface area contributed by atoms with Gasteiger partial charge in [0.2, 0.25) is 6.10 Å². The number of amides is 2. The van der Waals surface area contributed by atoms with Gasteiger partial charge in [-0.05, 0) is 29.8 Å². The summed E-state index contributed by atoms with van der Waals surface area (Å²) in [4.78, 5) is 26.6. The van der Waals surface area contributed by atoms with E-state index in [0.717, 1.165) is 5.56 Å². The Balaban J connectivity index is 1.30. The molecule has 2 heterocycles. The number of carbonyl (C=O) groups is 2. The van der Waals surface area contributed by atoms with Crippen molar-refractivity contribution in [3.8, 4) is 11.5 Å². The van der Waals surface area contributed by atoms with Crippen LogP contribution in [0.2, 0.25) is 0 Å². The maximum absolute atomic E-state index is 12.5. The second-order valence-corrected chi connectivity index (χ2v) is 6.68. The van der Waals surface area contributed by atoms with Crippen LogP contribution in [0.4, 0.5) is 0 Å². The zero-order valence-electron chi connectivity index (χ0n) is 15.4. The lowest BCUT2D eigenvalue weighted by molar-refractivity contribution is -0.130. The van der Waals surface area contributed by atoms with Gasteiger partial charge in [0.05, 0.1) is 13.2 Å². The fraction of sp³-hybridized carbons (Fsp3) is 0.333. The van der Waals surface area contributed by atoms with Crippen LogP contribution >= 0.6 is 0 Å². The van der Waals surface area contributed by atoms with E-state index in [0.29, 0.717) is 49.9 Å². The van der Waals surface area contributed by atoms with Crippen LogP contribution < -0.4 is 14.8 Å². The number of hydrogen-bond donors (Lipinski definition) is 1. The predicted octanol–water partition coefficient (Wildman–Crippen LogP) is 1.62. The molecule has 1 N–H and O–H groups in total. The predicted molar refractivity (Wildman–Crippen MR) is 101 cm³/mol. The SMILES string of the molecule is O=C(NCc1ccc(C(=O)N2CCOCC2)cc1)[C@@H]1COc2ccccc2O1. The van der Waals surface area contributed by atoms with E-state index < -0.39 is 6.10 Å². The van der Waals surface area contributed by atoms with E-state index in [1.807, 2.05) is 30.3 Å². The largest absolute Gasteiger partial charge is 0.485 e. The molecule has 1 saturated heterocycles. The number of carbonyl (C=O) groups excluding carboxylic acids is 2. The Morgan fingerprint density at radius 1 is 1.00 bits per heavy atom. The summed E-state index contributed by atoms with van der Waals surface area (Å²) in [6.07, 6.45) is -0.683.